The standard InChI is InChI=1S/C24H22N2O5S/c1-13-14(2)32-24(25-13)26-20(16-6-5-7-18(12-16)31-4)19(22(28)23(26)29)21(27)15-8-10-17(30-3)11-9-15/h5-12,20,27H,1-4H3/t20-/m0/s1. The Labute approximate surface area is 189 Å². The van der Waals surface area contributed by atoms with Gasteiger partial charge in [-0.2, -0.15) is 0 Å². The number of methoxy groups -OCH3 is 2. The first kappa shape index (κ1) is 21.6. The molecule has 1 aliphatic heterocycles. The Bertz CT molecular complexity index is 1210. The van der Waals surface area contributed by atoms with Crippen LogP contribution in [0.2, 0.25) is 0 Å². The summed E-state index contributed by atoms with van der Waals surface area (Å²) in [4.78, 5) is 33.1. The van der Waals surface area contributed by atoms with Crippen molar-refractivity contribution in [2.24, 2.45) is 0 Å². The lowest BCUT2D eigenvalue weighted by molar-refractivity contribution is -0.132. The van der Waals surface area contributed by atoms with Gasteiger partial charge in [0.15, 0.2) is 5.13 Å². The van der Waals surface area contributed by atoms with Crippen molar-refractivity contribution in [3.8, 4) is 11.5 Å². The quantitative estimate of drug-likeness (QED) is 0.352. The minimum atomic E-state index is -0.850. The van der Waals surface area contributed by atoms with Gasteiger partial charge in [0.2, 0.25) is 0 Å². The second kappa shape index (κ2) is 8.47. The summed E-state index contributed by atoms with van der Waals surface area (Å²) in [6, 6.07) is 12.9. The molecule has 1 N–H and O–H groups in total. The highest BCUT2D eigenvalue weighted by molar-refractivity contribution is 7.16. The van der Waals surface area contributed by atoms with Crippen molar-refractivity contribution in [1.82, 2.24) is 4.98 Å². The molecule has 0 aliphatic carbocycles. The van der Waals surface area contributed by atoms with Crippen LogP contribution in [0.25, 0.3) is 5.76 Å². The molecule has 1 fully saturated rings. The third-order valence-electron chi connectivity index (χ3n) is 5.44. The van der Waals surface area contributed by atoms with Gasteiger partial charge in [0.25, 0.3) is 5.78 Å². The highest BCUT2D eigenvalue weighted by Crippen LogP contribution is 2.44. The Morgan fingerprint density at radius 2 is 1.72 bits per heavy atom. The van der Waals surface area contributed by atoms with Gasteiger partial charge >= 0.3 is 5.91 Å². The monoisotopic (exact) mass is 450 g/mol. The van der Waals surface area contributed by atoms with E-state index in [0.717, 1.165) is 10.6 Å². The fourth-order valence-corrected chi connectivity index (χ4v) is 4.56. The van der Waals surface area contributed by atoms with E-state index in [1.165, 1.54) is 16.2 Å². The molecule has 2 aromatic carbocycles. The second-order valence-corrected chi connectivity index (χ2v) is 8.49. The van der Waals surface area contributed by atoms with Crippen LogP contribution < -0.4 is 14.4 Å². The van der Waals surface area contributed by atoms with E-state index in [1.807, 2.05) is 13.8 Å². The normalized spacial score (nSPS) is 17.6. The number of hydrogen-bond acceptors (Lipinski definition) is 7. The average molecular weight is 451 g/mol. The van der Waals surface area contributed by atoms with Gasteiger partial charge < -0.3 is 14.6 Å². The van der Waals surface area contributed by atoms with Crippen LogP contribution in [0.5, 0.6) is 11.5 Å². The van der Waals surface area contributed by atoms with E-state index in [0.29, 0.717) is 27.8 Å². The topological polar surface area (TPSA) is 89.0 Å². The Hall–Kier alpha value is -3.65. The Balaban J connectivity index is 1.93. The fraction of sp³-hybridized carbons (Fsp3) is 0.208. The van der Waals surface area contributed by atoms with Gasteiger partial charge in [-0.15, -0.1) is 11.3 Å². The molecule has 32 heavy (non-hydrogen) atoms. The Kier molecular flexibility index (Phi) is 5.71. The molecule has 1 aromatic heterocycles. The number of carbonyl (C=O) groups excluding carboxylic acids is 2. The first-order valence-corrected chi connectivity index (χ1v) is 10.7. The van der Waals surface area contributed by atoms with Crippen LogP contribution in [0.4, 0.5) is 5.13 Å². The number of nitrogens with zero attached hydrogens (tertiary/aromatic N) is 2. The lowest BCUT2D eigenvalue weighted by atomic mass is 9.95. The van der Waals surface area contributed by atoms with Crippen LogP contribution >= 0.6 is 11.3 Å². The molecule has 3 aromatic rings. The number of ether oxygens (including phenoxy) is 2. The van der Waals surface area contributed by atoms with Crippen molar-refractivity contribution < 1.29 is 24.2 Å². The predicted octanol–water partition coefficient (Wildman–Crippen LogP) is 4.40. The first-order chi connectivity index (χ1) is 15.3. The number of ketones is 1. The van der Waals surface area contributed by atoms with E-state index in [9.17, 15) is 14.7 Å². The number of rotatable bonds is 5. The molecule has 2 heterocycles. The number of amides is 1. The minimum Gasteiger partial charge on any atom is -0.507 e. The Morgan fingerprint density at radius 1 is 1.03 bits per heavy atom. The maximum atomic E-state index is 13.2. The van der Waals surface area contributed by atoms with Crippen molar-refractivity contribution in [3.63, 3.8) is 0 Å². The highest BCUT2D eigenvalue weighted by atomic mass is 32.1. The van der Waals surface area contributed by atoms with Crippen molar-refractivity contribution in [2.45, 2.75) is 19.9 Å². The van der Waals surface area contributed by atoms with E-state index in [1.54, 1.807) is 62.8 Å². The van der Waals surface area contributed by atoms with Gasteiger partial charge in [-0.25, -0.2) is 4.98 Å². The minimum absolute atomic E-state index is 0.000994. The van der Waals surface area contributed by atoms with Crippen LogP contribution in [0.3, 0.4) is 0 Å². The fourth-order valence-electron chi connectivity index (χ4n) is 3.62. The number of Topliss-reactive ketones (excluding diaryl/α,β-unsaturated/α-hetero) is 1. The van der Waals surface area contributed by atoms with E-state index < -0.39 is 17.7 Å². The molecule has 0 unspecified atom stereocenters. The van der Waals surface area contributed by atoms with Crippen molar-refractivity contribution in [1.29, 1.82) is 0 Å². The van der Waals surface area contributed by atoms with Crippen LogP contribution in [-0.4, -0.2) is 36.0 Å². The third kappa shape index (κ3) is 3.62. The van der Waals surface area contributed by atoms with Gasteiger partial charge in [-0.1, -0.05) is 12.1 Å². The number of aliphatic hydroxyl groups is 1. The molecule has 7 nitrogen and oxygen atoms in total. The van der Waals surface area contributed by atoms with E-state index in [-0.39, 0.29) is 11.3 Å². The summed E-state index contributed by atoms with van der Waals surface area (Å²) in [5, 5.41) is 11.6. The molecule has 0 saturated carbocycles. The van der Waals surface area contributed by atoms with Gasteiger partial charge in [-0.3, -0.25) is 14.5 Å². The van der Waals surface area contributed by atoms with Crippen LogP contribution in [0.15, 0.2) is 54.1 Å². The number of thiazole rings is 1. The number of aryl methyl sites for hydroxylation is 2. The number of anilines is 1. The SMILES string of the molecule is COc1ccc(C(O)=C2C(=O)C(=O)N(c3nc(C)c(C)s3)[C@H]2c2cccc(OC)c2)cc1. The Morgan fingerprint density at radius 3 is 2.31 bits per heavy atom. The summed E-state index contributed by atoms with van der Waals surface area (Å²) < 4.78 is 10.5. The van der Waals surface area contributed by atoms with Crippen molar-refractivity contribution >= 4 is 33.9 Å². The summed E-state index contributed by atoms with van der Waals surface area (Å²) >= 11 is 1.33. The maximum Gasteiger partial charge on any atom is 0.301 e. The molecular weight excluding hydrogens is 428 g/mol. The zero-order valence-corrected chi connectivity index (χ0v) is 18.9. The molecule has 1 aliphatic rings. The van der Waals surface area contributed by atoms with Crippen molar-refractivity contribution in [2.75, 3.05) is 19.1 Å². The molecule has 1 atom stereocenters. The summed E-state index contributed by atoms with van der Waals surface area (Å²) in [5.74, 6) is -0.575. The average Bonchev–Trinajstić information content (AvgIpc) is 3.28. The largest absolute Gasteiger partial charge is 0.507 e. The molecule has 164 valence electrons. The third-order valence-corrected chi connectivity index (χ3v) is 6.51. The number of carbonyl (C=O) groups is 2. The van der Waals surface area contributed by atoms with Gasteiger partial charge in [0.1, 0.15) is 17.3 Å². The molecule has 1 saturated heterocycles. The first-order valence-electron chi connectivity index (χ1n) is 9.89. The molecule has 4 rings (SSSR count). The second-order valence-electron chi connectivity index (χ2n) is 7.31. The van der Waals surface area contributed by atoms with E-state index in [2.05, 4.69) is 4.98 Å². The summed E-state index contributed by atoms with van der Waals surface area (Å²) in [5.41, 5.74) is 1.82. The number of aromatic nitrogens is 1. The van der Waals surface area contributed by atoms with Crippen LogP contribution in [0, 0.1) is 13.8 Å². The molecule has 0 bridgehead atoms. The molecular formula is C24H22N2O5S. The highest BCUT2D eigenvalue weighted by Gasteiger charge is 2.48. The lowest BCUT2D eigenvalue weighted by Crippen LogP contribution is -2.29. The summed E-state index contributed by atoms with van der Waals surface area (Å²) in [6.45, 7) is 3.76. The van der Waals surface area contributed by atoms with Crippen LogP contribution in [0.1, 0.15) is 27.7 Å². The predicted molar refractivity (Wildman–Crippen MR) is 122 cm³/mol. The molecule has 0 radical (unpaired) electrons. The molecule has 0 spiro atoms. The smallest absolute Gasteiger partial charge is 0.301 e. The van der Waals surface area contributed by atoms with Gasteiger partial charge in [0, 0.05) is 10.4 Å². The molecule has 8 heteroatoms. The number of aliphatic hydroxyl groups excluding tert-OH is 1. The molecule has 1 amide bonds. The van der Waals surface area contributed by atoms with E-state index >= 15 is 0 Å². The zero-order chi connectivity index (χ0) is 23.0. The zero-order valence-electron chi connectivity index (χ0n) is 18.1. The lowest BCUT2D eigenvalue weighted by Gasteiger charge is -2.23. The van der Waals surface area contributed by atoms with Crippen LogP contribution in [-0.2, 0) is 9.59 Å². The maximum absolute atomic E-state index is 13.2. The van der Waals surface area contributed by atoms with E-state index in [4.69, 9.17) is 9.47 Å². The number of hydrogen-bond donors (Lipinski definition) is 1. The summed E-state index contributed by atoms with van der Waals surface area (Å²) in [6.07, 6.45) is 0. The van der Waals surface area contributed by atoms with Gasteiger partial charge in [0.05, 0.1) is 31.5 Å². The summed E-state index contributed by atoms with van der Waals surface area (Å²) in [7, 11) is 3.09. The van der Waals surface area contributed by atoms with Gasteiger partial charge in [-0.05, 0) is 55.8 Å². The number of benzene rings is 2. The van der Waals surface area contributed by atoms with Crippen molar-refractivity contribution in [3.05, 3.63) is 75.8 Å².